The van der Waals surface area contributed by atoms with Crippen molar-refractivity contribution < 1.29 is 18.7 Å². The summed E-state index contributed by atoms with van der Waals surface area (Å²) in [5, 5.41) is 10.2. The molecule has 5 heteroatoms. The minimum absolute atomic E-state index is 0.234. The Morgan fingerprint density at radius 3 is 2.67 bits per heavy atom. The Hall–Kier alpha value is -0.710. The Labute approximate surface area is 75.7 Å². The van der Waals surface area contributed by atoms with Crippen LogP contribution in [0.3, 0.4) is 0 Å². The molecule has 1 atom stereocenters. The van der Waals surface area contributed by atoms with Crippen LogP contribution in [0.15, 0.2) is 23.8 Å². The molecule has 0 aromatic carbocycles. The molecule has 2 nitrogen and oxygen atoms in total. The van der Waals surface area contributed by atoms with Crippen LogP contribution in [0.1, 0.15) is 0 Å². The van der Waals surface area contributed by atoms with Gasteiger partial charge in [0, 0.05) is 0 Å². The molecule has 0 fully saturated rings. The fourth-order valence-electron chi connectivity index (χ4n) is 0.753. The second-order valence-electron chi connectivity index (χ2n) is 2.32. The standard InChI is InChI=1S/C7H5BrF2O2/c8-5-3-4(6(11)12)1-2-7(5,9)10/h1-3,5H,(H,11,12)/p-1. The first-order valence-electron chi connectivity index (χ1n) is 3.08. The van der Waals surface area contributed by atoms with Gasteiger partial charge in [0.15, 0.2) is 0 Å². The summed E-state index contributed by atoms with van der Waals surface area (Å²) in [5.41, 5.74) is -0.234. The van der Waals surface area contributed by atoms with Gasteiger partial charge in [-0.05, 0) is 11.6 Å². The third-order valence-corrected chi connectivity index (χ3v) is 2.29. The molecule has 0 aromatic heterocycles. The molecule has 0 saturated heterocycles. The summed E-state index contributed by atoms with van der Waals surface area (Å²) < 4.78 is 25.3. The number of carboxylic acids is 1. The molecule has 0 radical (unpaired) electrons. The zero-order valence-corrected chi connectivity index (χ0v) is 7.35. The Kier molecular flexibility index (Phi) is 2.32. The van der Waals surface area contributed by atoms with Crippen LogP contribution in [0.5, 0.6) is 0 Å². The maximum absolute atomic E-state index is 12.6. The Balaban J connectivity index is 2.91. The predicted molar refractivity (Wildman–Crippen MR) is 39.9 cm³/mol. The smallest absolute Gasteiger partial charge is 0.282 e. The number of carbonyl (C=O) groups excluding carboxylic acids is 1. The van der Waals surface area contributed by atoms with Crippen LogP contribution in [0, 0.1) is 0 Å². The van der Waals surface area contributed by atoms with E-state index >= 15 is 0 Å². The van der Waals surface area contributed by atoms with E-state index in [0.29, 0.717) is 6.08 Å². The van der Waals surface area contributed by atoms with E-state index in [2.05, 4.69) is 15.9 Å². The summed E-state index contributed by atoms with van der Waals surface area (Å²) in [7, 11) is 0. The topological polar surface area (TPSA) is 40.1 Å². The molecule has 0 spiro atoms. The first-order chi connectivity index (χ1) is 5.43. The lowest BCUT2D eigenvalue weighted by Gasteiger charge is -2.21. The number of rotatable bonds is 1. The Bertz CT molecular complexity index is 271. The molecule has 1 rings (SSSR count). The zero-order valence-electron chi connectivity index (χ0n) is 5.76. The predicted octanol–water partition coefficient (Wildman–Crippen LogP) is 0.631. The van der Waals surface area contributed by atoms with Gasteiger partial charge in [0.05, 0.1) is 5.97 Å². The fraction of sp³-hybridized carbons (Fsp3) is 0.286. The van der Waals surface area contributed by atoms with E-state index in [4.69, 9.17) is 0 Å². The molecule has 0 bridgehead atoms. The maximum atomic E-state index is 12.6. The van der Waals surface area contributed by atoms with Crippen LogP contribution in [0.2, 0.25) is 0 Å². The molecule has 0 heterocycles. The third-order valence-electron chi connectivity index (χ3n) is 1.41. The summed E-state index contributed by atoms with van der Waals surface area (Å²) >= 11 is 2.65. The molecule has 1 unspecified atom stereocenters. The number of allylic oxidation sites excluding steroid dienone is 2. The van der Waals surface area contributed by atoms with E-state index < -0.39 is 16.7 Å². The lowest BCUT2D eigenvalue weighted by molar-refractivity contribution is -0.298. The first-order valence-corrected chi connectivity index (χ1v) is 3.99. The third kappa shape index (κ3) is 1.72. The molecule has 0 aliphatic heterocycles. The lowest BCUT2D eigenvalue weighted by atomic mass is 10.0. The Morgan fingerprint density at radius 1 is 1.67 bits per heavy atom. The van der Waals surface area contributed by atoms with Gasteiger partial charge < -0.3 is 9.90 Å². The van der Waals surface area contributed by atoms with Crippen LogP contribution in [0.4, 0.5) is 8.78 Å². The first kappa shape index (κ1) is 9.38. The highest BCUT2D eigenvalue weighted by Gasteiger charge is 2.35. The second kappa shape index (κ2) is 2.97. The SMILES string of the molecule is O=C([O-])C1=CC(Br)C(F)(F)C=C1. The van der Waals surface area contributed by atoms with Gasteiger partial charge in [0.2, 0.25) is 0 Å². The number of carbonyl (C=O) groups is 1. The number of alkyl halides is 3. The monoisotopic (exact) mass is 237 g/mol. The molecule has 0 amide bonds. The second-order valence-corrected chi connectivity index (χ2v) is 3.31. The van der Waals surface area contributed by atoms with Crippen molar-refractivity contribution in [3.8, 4) is 0 Å². The van der Waals surface area contributed by atoms with Gasteiger partial charge in [0.25, 0.3) is 5.92 Å². The van der Waals surface area contributed by atoms with E-state index in [9.17, 15) is 18.7 Å². The van der Waals surface area contributed by atoms with Crippen molar-refractivity contribution in [2.45, 2.75) is 10.7 Å². The number of hydrogen-bond donors (Lipinski definition) is 0. The molecular weight excluding hydrogens is 234 g/mol. The van der Waals surface area contributed by atoms with Gasteiger partial charge in [-0.1, -0.05) is 28.1 Å². The summed E-state index contributed by atoms with van der Waals surface area (Å²) in [6.45, 7) is 0. The minimum Gasteiger partial charge on any atom is -0.545 e. The highest BCUT2D eigenvalue weighted by atomic mass is 79.9. The van der Waals surface area contributed by atoms with Crippen molar-refractivity contribution in [2.24, 2.45) is 0 Å². The van der Waals surface area contributed by atoms with Crippen molar-refractivity contribution in [1.82, 2.24) is 0 Å². The zero-order chi connectivity index (χ0) is 9.35. The van der Waals surface area contributed by atoms with Crippen LogP contribution >= 0.6 is 15.9 Å². The van der Waals surface area contributed by atoms with Crippen LogP contribution in [-0.4, -0.2) is 16.7 Å². The van der Waals surface area contributed by atoms with E-state index in [1.54, 1.807) is 0 Å². The molecule has 0 N–H and O–H groups in total. The molecular formula is C7H4BrF2O2-. The highest BCUT2D eigenvalue weighted by Crippen LogP contribution is 2.31. The molecule has 0 saturated carbocycles. The van der Waals surface area contributed by atoms with Crippen molar-refractivity contribution in [3.63, 3.8) is 0 Å². The molecule has 1 aliphatic carbocycles. The van der Waals surface area contributed by atoms with Crippen molar-refractivity contribution in [3.05, 3.63) is 23.8 Å². The largest absolute Gasteiger partial charge is 0.545 e. The van der Waals surface area contributed by atoms with E-state index in [1.165, 1.54) is 0 Å². The normalized spacial score (nSPS) is 26.6. The van der Waals surface area contributed by atoms with Crippen LogP contribution < -0.4 is 5.11 Å². The van der Waals surface area contributed by atoms with Gasteiger partial charge >= 0.3 is 0 Å². The number of carboxylic acid groups (broad SMARTS) is 1. The fourth-order valence-corrected chi connectivity index (χ4v) is 1.19. The summed E-state index contributed by atoms with van der Waals surface area (Å²) in [4.78, 5) is 8.94. The molecule has 1 aliphatic rings. The Morgan fingerprint density at radius 2 is 2.25 bits per heavy atom. The summed E-state index contributed by atoms with van der Waals surface area (Å²) in [5.74, 6) is -4.48. The van der Waals surface area contributed by atoms with Crippen LogP contribution in [0.25, 0.3) is 0 Å². The quantitative estimate of drug-likeness (QED) is 0.628. The van der Waals surface area contributed by atoms with Gasteiger partial charge in [-0.15, -0.1) is 0 Å². The number of aliphatic carboxylic acids is 1. The van der Waals surface area contributed by atoms with Gasteiger partial charge in [0.1, 0.15) is 4.83 Å². The van der Waals surface area contributed by atoms with Gasteiger partial charge in [-0.2, -0.15) is 0 Å². The minimum atomic E-state index is -3.03. The molecule has 66 valence electrons. The van der Waals surface area contributed by atoms with E-state index in [-0.39, 0.29) is 5.57 Å². The average Bonchev–Trinajstić information content (AvgIpc) is 1.94. The van der Waals surface area contributed by atoms with Gasteiger partial charge in [-0.25, -0.2) is 8.78 Å². The molecule has 0 aromatic rings. The van der Waals surface area contributed by atoms with E-state index in [0.717, 1.165) is 12.2 Å². The maximum Gasteiger partial charge on any atom is 0.282 e. The lowest BCUT2D eigenvalue weighted by Crippen LogP contribution is -2.31. The average molecular weight is 238 g/mol. The summed E-state index contributed by atoms with van der Waals surface area (Å²) in [6.07, 6.45) is 2.29. The summed E-state index contributed by atoms with van der Waals surface area (Å²) in [6, 6.07) is 0. The number of halogens is 3. The van der Waals surface area contributed by atoms with Crippen molar-refractivity contribution in [2.75, 3.05) is 0 Å². The van der Waals surface area contributed by atoms with Crippen molar-refractivity contribution >= 4 is 21.9 Å². The van der Waals surface area contributed by atoms with Crippen molar-refractivity contribution in [1.29, 1.82) is 0 Å². The van der Waals surface area contributed by atoms with Crippen LogP contribution in [-0.2, 0) is 4.79 Å². The van der Waals surface area contributed by atoms with E-state index in [1.807, 2.05) is 0 Å². The van der Waals surface area contributed by atoms with Gasteiger partial charge in [-0.3, -0.25) is 0 Å². The molecule has 12 heavy (non-hydrogen) atoms. The highest BCUT2D eigenvalue weighted by molar-refractivity contribution is 9.09. The number of hydrogen-bond acceptors (Lipinski definition) is 2.